The molecule has 0 atom stereocenters. The molecule has 0 unspecified atom stereocenters. The summed E-state index contributed by atoms with van der Waals surface area (Å²) in [7, 11) is 0. The lowest BCUT2D eigenvalue weighted by Crippen LogP contribution is -2.30. The number of hydrogen-bond donors (Lipinski definition) is 0. The molecule has 4 nitrogen and oxygen atoms in total. The van der Waals surface area contributed by atoms with Crippen molar-refractivity contribution >= 4 is 29.3 Å². The summed E-state index contributed by atoms with van der Waals surface area (Å²) in [6.45, 7) is 1.79. The Morgan fingerprint density at radius 2 is 2.10 bits per heavy atom. The first-order valence-corrected chi connectivity index (χ1v) is 7.16. The Kier molecular flexibility index (Phi) is 5.56. The van der Waals surface area contributed by atoms with Crippen LogP contribution < -0.4 is 9.47 Å². The Morgan fingerprint density at radius 1 is 1.35 bits per heavy atom. The molecule has 1 saturated heterocycles. The zero-order valence-corrected chi connectivity index (χ0v) is 12.4. The standard InChI is InChI=1S/C14H15Cl2NO3/c15-6-3-9-19-13-10-11(4-5-12(13)16)20-14(18)17-7-1-2-8-17/h3-6,10H,1-2,7-9H2/b6-3+. The molecule has 1 aliphatic heterocycles. The zero-order valence-electron chi connectivity index (χ0n) is 10.9. The number of hydrogen-bond acceptors (Lipinski definition) is 3. The van der Waals surface area contributed by atoms with Crippen molar-refractivity contribution in [1.29, 1.82) is 0 Å². The van der Waals surface area contributed by atoms with Gasteiger partial charge < -0.3 is 14.4 Å². The van der Waals surface area contributed by atoms with Crippen molar-refractivity contribution in [2.24, 2.45) is 0 Å². The van der Waals surface area contributed by atoms with Crippen molar-refractivity contribution in [3.63, 3.8) is 0 Å². The Bertz CT molecular complexity index is 499. The fraction of sp³-hybridized carbons (Fsp3) is 0.357. The maximum Gasteiger partial charge on any atom is 0.415 e. The van der Waals surface area contributed by atoms with E-state index in [0.29, 0.717) is 23.1 Å². The van der Waals surface area contributed by atoms with Crippen LogP contribution in [-0.4, -0.2) is 30.7 Å². The molecule has 0 N–H and O–H groups in total. The fourth-order valence-electron chi connectivity index (χ4n) is 1.90. The lowest BCUT2D eigenvalue weighted by atomic mass is 10.3. The highest BCUT2D eigenvalue weighted by Crippen LogP contribution is 2.29. The summed E-state index contributed by atoms with van der Waals surface area (Å²) in [5, 5.41) is 0.453. The molecular formula is C14H15Cl2NO3. The lowest BCUT2D eigenvalue weighted by molar-refractivity contribution is 0.162. The van der Waals surface area contributed by atoms with Gasteiger partial charge >= 0.3 is 6.09 Å². The monoisotopic (exact) mass is 315 g/mol. The third-order valence-electron chi connectivity index (χ3n) is 2.90. The normalized spacial score (nSPS) is 14.8. The second-order valence-electron chi connectivity index (χ2n) is 4.33. The van der Waals surface area contributed by atoms with Gasteiger partial charge in [0.05, 0.1) is 5.02 Å². The van der Waals surface area contributed by atoms with Crippen molar-refractivity contribution in [2.45, 2.75) is 12.8 Å². The van der Waals surface area contributed by atoms with Crippen LogP contribution in [0.3, 0.4) is 0 Å². The maximum atomic E-state index is 11.9. The largest absolute Gasteiger partial charge is 0.488 e. The zero-order chi connectivity index (χ0) is 14.4. The summed E-state index contributed by atoms with van der Waals surface area (Å²) in [5.74, 6) is 0.865. The number of rotatable bonds is 4. The molecule has 108 valence electrons. The van der Waals surface area contributed by atoms with Gasteiger partial charge in [0.15, 0.2) is 0 Å². The van der Waals surface area contributed by atoms with E-state index in [1.165, 1.54) is 5.54 Å². The molecule has 1 fully saturated rings. The third kappa shape index (κ3) is 4.05. The molecule has 6 heteroatoms. The molecule has 0 saturated carbocycles. The van der Waals surface area contributed by atoms with E-state index in [1.807, 2.05) is 0 Å². The third-order valence-corrected chi connectivity index (χ3v) is 3.39. The summed E-state index contributed by atoms with van der Waals surface area (Å²) in [5.41, 5.74) is 1.37. The first kappa shape index (κ1) is 15.0. The number of ether oxygens (including phenoxy) is 2. The van der Waals surface area contributed by atoms with Gasteiger partial charge in [-0.3, -0.25) is 0 Å². The number of nitrogens with zero attached hydrogens (tertiary/aromatic N) is 1. The Balaban J connectivity index is 2.00. The van der Waals surface area contributed by atoms with Crippen molar-refractivity contribution in [3.05, 3.63) is 34.8 Å². The van der Waals surface area contributed by atoms with Gasteiger partial charge in [0.2, 0.25) is 0 Å². The minimum absolute atomic E-state index is 0.298. The summed E-state index contributed by atoms with van der Waals surface area (Å²) in [6.07, 6.45) is 3.35. The van der Waals surface area contributed by atoms with Gasteiger partial charge in [0.25, 0.3) is 0 Å². The maximum absolute atomic E-state index is 11.9. The smallest absolute Gasteiger partial charge is 0.415 e. The van der Waals surface area contributed by atoms with E-state index >= 15 is 0 Å². The molecule has 0 aromatic heterocycles. The lowest BCUT2D eigenvalue weighted by Gasteiger charge is -2.15. The molecule has 2 rings (SSSR count). The van der Waals surface area contributed by atoms with Crippen molar-refractivity contribution < 1.29 is 14.3 Å². The van der Waals surface area contributed by atoms with Crippen molar-refractivity contribution in [3.8, 4) is 11.5 Å². The Morgan fingerprint density at radius 3 is 2.80 bits per heavy atom. The number of benzene rings is 1. The first-order valence-electron chi connectivity index (χ1n) is 6.35. The van der Waals surface area contributed by atoms with Crippen LogP contribution in [0, 0.1) is 0 Å². The Labute approximate surface area is 127 Å². The van der Waals surface area contributed by atoms with Gasteiger partial charge in [0.1, 0.15) is 18.1 Å². The number of halogens is 2. The van der Waals surface area contributed by atoms with Crippen molar-refractivity contribution in [2.75, 3.05) is 19.7 Å². The molecule has 0 spiro atoms. The Hall–Kier alpha value is -1.39. The molecule has 0 radical (unpaired) electrons. The molecule has 1 aromatic rings. The number of carbonyl (C=O) groups excluding carboxylic acids is 1. The topological polar surface area (TPSA) is 38.8 Å². The van der Waals surface area contributed by atoms with E-state index in [-0.39, 0.29) is 6.09 Å². The van der Waals surface area contributed by atoms with Gasteiger partial charge in [-0.1, -0.05) is 23.2 Å². The SMILES string of the molecule is O=C(Oc1ccc(Cl)c(OC/C=C/Cl)c1)N1CCCC1. The first-order chi connectivity index (χ1) is 9.70. The molecule has 0 aliphatic carbocycles. The summed E-state index contributed by atoms with van der Waals surface area (Å²) in [4.78, 5) is 13.6. The highest BCUT2D eigenvalue weighted by molar-refractivity contribution is 6.32. The molecule has 1 aromatic carbocycles. The van der Waals surface area contributed by atoms with Gasteiger partial charge in [-0.05, 0) is 31.1 Å². The van der Waals surface area contributed by atoms with Crippen LogP contribution in [0.4, 0.5) is 4.79 Å². The van der Waals surface area contributed by atoms with E-state index in [4.69, 9.17) is 32.7 Å². The van der Waals surface area contributed by atoms with Crippen LogP contribution >= 0.6 is 23.2 Å². The molecule has 1 aliphatic rings. The molecular weight excluding hydrogens is 301 g/mol. The molecule has 1 heterocycles. The van der Waals surface area contributed by atoms with Crippen LogP contribution in [0.2, 0.25) is 5.02 Å². The van der Waals surface area contributed by atoms with Gasteiger partial charge in [-0.2, -0.15) is 0 Å². The highest BCUT2D eigenvalue weighted by Gasteiger charge is 2.20. The van der Waals surface area contributed by atoms with E-state index < -0.39 is 0 Å². The minimum atomic E-state index is -0.337. The fourth-order valence-corrected chi connectivity index (χ4v) is 2.14. The predicted octanol–water partition coefficient (Wildman–Crippen LogP) is 4.07. The van der Waals surface area contributed by atoms with E-state index in [9.17, 15) is 4.79 Å². The quantitative estimate of drug-likeness (QED) is 0.840. The molecule has 20 heavy (non-hydrogen) atoms. The highest BCUT2D eigenvalue weighted by atomic mass is 35.5. The van der Waals surface area contributed by atoms with Crippen LogP contribution in [0.5, 0.6) is 11.5 Å². The van der Waals surface area contributed by atoms with Crippen LogP contribution in [0.1, 0.15) is 12.8 Å². The second kappa shape index (κ2) is 7.41. The number of amides is 1. The average Bonchev–Trinajstić information content (AvgIpc) is 2.96. The summed E-state index contributed by atoms with van der Waals surface area (Å²) in [6, 6.07) is 4.87. The van der Waals surface area contributed by atoms with Crippen molar-refractivity contribution in [1.82, 2.24) is 4.90 Å². The van der Waals surface area contributed by atoms with E-state index in [0.717, 1.165) is 25.9 Å². The minimum Gasteiger partial charge on any atom is -0.488 e. The second-order valence-corrected chi connectivity index (χ2v) is 4.99. The number of likely N-dealkylation sites (tertiary alicyclic amines) is 1. The molecule has 0 bridgehead atoms. The van der Waals surface area contributed by atoms with E-state index in [2.05, 4.69) is 0 Å². The van der Waals surface area contributed by atoms with Crippen LogP contribution in [0.15, 0.2) is 29.8 Å². The van der Waals surface area contributed by atoms with E-state index in [1.54, 1.807) is 29.2 Å². The van der Waals surface area contributed by atoms with Gasteiger partial charge in [-0.25, -0.2) is 4.79 Å². The van der Waals surface area contributed by atoms with Crippen LogP contribution in [0.25, 0.3) is 0 Å². The number of carbonyl (C=O) groups is 1. The van der Waals surface area contributed by atoms with Gasteiger partial charge in [-0.15, -0.1) is 0 Å². The van der Waals surface area contributed by atoms with Gasteiger partial charge in [0, 0.05) is 24.7 Å². The summed E-state index contributed by atoms with van der Waals surface area (Å²) >= 11 is 11.4. The molecule has 1 amide bonds. The summed E-state index contributed by atoms with van der Waals surface area (Å²) < 4.78 is 10.7. The predicted molar refractivity (Wildman–Crippen MR) is 78.8 cm³/mol. The average molecular weight is 316 g/mol. The van der Waals surface area contributed by atoms with Crippen LogP contribution in [-0.2, 0) is 0 Å².